The summed E-state index contributed by atoms with van der Waals surface area (Å²) in [4.78, 5) is 31.8. The van der Waals surface area contributed by atoms with E-state index in [1.165, 1.54) is 0 Å². The number of allylic oxidation sites excluding steroid dienone is 1. The van der Waals surface area contributed by atoms with Crippen molar-refractivity contribution in [1.82, 2.24) is 9.97 Å². The van der Waals surface area contributed by atoms with E-state index < -0.39 is 58.4 Å². The first-order valence-electron chi connectivity index (χ1n) is 18.7. The molecule has 0 fully saturated rings. The highest BCUT2D eigenvalue weighted by Gasteiger charge is 2.28. The van der Waals surface area contributed by atoms with Crippen molar-refractivity contribution >= 4 is 35.0 Å². The lowest BCUT2D eigenvalue weighted by atomic mass is 10.1. The van der Waals surface area contributed by atoms with Crippen LogP contribution < -0.4 is 20.9 Å². The molecule has 10 nitrogen and oxygen atoms in total. The lowest BCUT2D eigenvalue weighted by Crippen LogP contribution is -2.17. The standard InChI is InChI=1S/C22H21ClF2N2O3.C22H19ClF2N2O3/c2*1-3-5-17-20(12-6-8-13(23)9-7-12)27-22(30-17)15(4-2)29-16-11-10-14(24)18(19(16)25)21(26)28/h6-11,15H,3-5H2,1-2H3,(H2,26,28);3,6-11,15H,1,4-5H2,2H3,(H2,26,28). The number of carbonyl (C=O) groups is 2. The third-order valence-corrected chi connectivity index (χ3v) is 9.41. The van der Waals surface area contributed by atoms with Crippen LogP contribution in [0.1, 0.15) is 96.3 Å². The number of ether oxygens (including phenoxy) is 2. The van der Waals surface area contributed by atoms with Gasteiger partial charge in [-0.1, -0.05) is 74.3 Å². The van der Waals surface area contributed by atoms with Gasteiger partial charge in [0.1, 0.15) is 45.7 Å². The van der Waals surface area contributed by atoms with Crippen LogP contribution >= 0.6 is 23.2 Å². The van der Waals surface area contributed by atoms with Crippen molar-refractivity contribution in [3.63, 3.8) is 0 Å². The van der Waals surface area contributed by atoms with Crippen LogP contribution in [0.4, 0.5) is 17.6 Å². The highest BCUT2D eigenvalue weighted by molar-refractivity contribution is 6.30. The molecule has 0 saturated heterocycles. The third kappa shape index (κ3) is 10.4. The van der Waals surface area contributed by atoms with Gasteiger partial charge in [0, 0.05) is 34.0 Å². The van der Waals surface area contributed by atoms with Gasteiger partial charge in [-0.3, -0.25) is 9.59 Å². The minimum absolute atomic E-state index is 0.212. The lowest BCUT2D eigenvalue weighted by Gasteiger charge is -2.16. The molecule has 2 unspecified atom stereocenters. The van der Waals surface area contributed by atoms with Crippen LogP contribution in [0.15, 0.2) is 94.3 Å². The summed E-state index contributed by atoms with van der Waals surface area (Å²) in [6.45, 7) is 9.34. The van der Waals surface area contributed by atoms with Crippen LogP contribution in [0.5, 0.6) is 11.5 Å². The van der Waals surface area contributed by atoms with Crippen molar-refractivity contribution < 1.29 is 45.5 Å². The van der Waals surface area contributed by atoms with Crippen molar-refractivity contribution in [1.29, 1.82) is 0 Å². The van der Waals surface area contributed by atoms with Gasteiger partial charge in [-0.2, -0.15) is 0 Å². The Hall–Kier alpha value is -6.12. The maximum absolute atomic E-state index is 14.6. The van der Waals surface area contributed by atoms with E-state index in [1.807, 2.05) is 26.0 Å². The fourth-order valence-electron chi connectivity index (χ4n) is 5.97. The Bertz CT molecular complexity index is 2470. The molecule has 0 saturated carbocycles. The molecule has 314 valence electrons. The Morgan fingerprint density at radius 2 is 1.08 bits per heavy atom. The number of nitrogens with zero attached hydrogens (tertiary/aromatic N) is 2. The zero-order valence-electron chi connectivity index (χ0n) is 32.7. The number of primary amides is 2. The second-order valence-electron chi connectivity index (χ2n) is 13.1. The lowest BCUT2D eigenvalue weighted by molar-refractivity contribution is 0.0980. The van der Waals surface area contributed by atoms with Gasteiger partial charge in [-0.15, -0.1) is 6.58 Å². The average Bonchev–Trinajstić information content (AvgIpc) is 3.83. The van der Waals surface area contributed by atoms with E-state index >= 15 is 0 Å². The van der Waals surface area contributed by atoms with Gasteiger partial charge in [-0.05, 0) is 67.8 Å². The maximum atomic E-state index is 14.6. The molecule has 4 aromatic carbocycles. The summed E-state index contributed by atoms with van der Waals surface area (Å²) in [6, 6.07) is 18.3. The molecule has 6 rings (SSSR count). The van der Waals surface area contributed by atoms with Gasteiger partial charge < -0.3 is 29.8 Å². The van der Waals surface area contributed by atoms with Crippen LogP contribution in [-0.4, -0.2) is 21.8 Å². The van der Waals surface area contributed by atoms with Crippen LogP contribution in [0.25, 0.3) is 22.5 Å². The number of nitrogens with two attached hydrogens (primary N) is 2. The minimum Gasteiger partial charge on any atom is -0.478 e. The molecule has 0 aliphatic rings. The Morgan fingerprint density at radius 3 is 1.45 bits per heavy atom. The molecule has 60 heavy (non-hydrogen) atoms. The number of aryl methyl sites for hydroxylation is 1. The minimum atomic E-state index is -1.22. The molecule has 2 atom stereocenters. The summed E-state index contributed by atoms with van der Waals surface area (Å²) in [5.41, 5.74) is 11.3. The number of aromatic nitrogens is 2. The summed E-state index contributed by atoms with van der Waals surface area (Å²) < 4.78 is 79.8. The molecule has 2 aromatic heterocycles. The zero-order chi connectivity index (χ0) is 43.7. The summed E-state index contributed by atoms with van der Waals surface area (Å²) >= 11 is 11.9. The van der Waals surface area contributed by atoms with Gasteiger partial charge in [-0.25, -0.2) is 27.5 Å². The van der Waals surface area contributed by atoms with E-state index in [2.05, 4.69) is 16.5 Å². The van der Waals surface area contributed by atoms with Crippen LogP contribution in [0, 0.1) is 23.3 Å². The van der Waals surface area contributed by atoms with E-state index in [9.17, 15) is 27.2 Å². The number of halogens is 6. The number of rotatable bonds is 16. The molecular weight excluding hydrogens is 827 g/mol. The molecule has 0 radical (unpaired) electrons. The summed E-state index contributed by atoms with van der Waals surface area (Å²) in [6.07, 6.45) is 2.81. The number of benzene rings is 4. The Morgan fingerprint density at radius 1 is 0.683 bits per heavy atom. The molecule has 16 heteroatoms. The predicted molar refractivity (Wildman–Crippen MR) is 219 cm³/mol. The monoisotopic (exact) mass is 866 g/mol. The first-order valence-corrected chi connectivity index (χ1v) is 19.5. The van der Waals surface area contributed by atoms with E-state index in [-0.39, 0.29) is 23.3 Å². The number of hydrogen-bond acceptors (Lipinski definition) is 8. The van der Waals surface area contributed by atoms with Gasteiger partial charge in [0.15, 0.2) is 35.3 Å². The largest absolute Gasteiger partial charge is 0.478 e. The highest BCUT2D eigenvalue weighted by atomic mass is 35.5. The normalized spacial score (nSPS) is 11.9. The number of carbonyl (C=O) groups excluding carboxylic acids is 2. The molecule has 0 aliphatic carbocycles. The van der Waals surface area contributed by atoms with E-state index in [1.54, 1.807) is 49.4 Å². The summed E-state index contributed by atoms with van der Waals surface area (Å²) in [5.74, 6) is -5.80. The average molecular weight is 868 g/mol. The molecule has 6 aromatic rings. The molecule has 2 heterocycles. The Labute approximate surface area is 353 Å². The van der Waals surface area contributed by atoms with Crippen molar-refractivity contribution in [3.8, 4) is 34.0 Å². The van der Waals surface area contributed by atoms with Crippen molar-refractivity contribution in [3.05, 3.63) is 153 Å². The van der Waals surface area contributed by atoms with Crippen molar-refractivity contribution in [2.45, 2.75) is 65.1 Å². The van der Waals surface area contributed by atoms with Crippen molar-refractivity contribution in [2.24, 2.45) is 11.5 Å². The van der Waals surface area contributed by atoms with Gasteiger partial charge in [0.05, 0.1) is 0 Å². The molecule has 2 amide bonds. The summed E-state index contributed by atoms with van der Waals surface area (Å²) in [5, 5.41) is 1.19. The SMILES string of the molecule is C=CCc1oc(C(CC)Oc2ccc(F)c(C(N)=O)c2F)nc1-c1ccc(Cl)cc1.CCCc1oc(C(CC)Oc2ccc(F)c(C(N)=O)c2F)nc1-c1ccc(Cl)cc1. The fraction of sp³-hybridized carbons (Fsp3) is 0.227. The quantitative estimate of drug-likeness (QED) is 0.0719. The third-order valence-electron chi connectivity index (χ3n) is 8.90. The van der Waals surface area contributed by atoms with Gasteiger partial charge in [0.2, 0.25) is 11.8 Å². The Kier molecular flexibility index (Phi) is 15.2. The first kappa shape index (κ1) is 45.0. The maximum Gasteiger partial charge on any atom is 0.254 e. The van der Waals surface area contributed by atoms with Crippen molar-refractivity contribution in [2.75, 3.05) is 0 Å². The topological polar surface area (TPSA) is 157 Å². The molecular formula is C44H40Cl2F4N4O6. The van der Waals surface area contributed by atoms with Gasteiger partial charge in [0.25, 0.3) is 11.8 Å². The van der Waals surface area contributed by atoms with Crippen LogP contribution in [0.2, 0.25) is 10.0 Å². The van der Waals surface area contributed by atoms with Crippen LogP contribution in [0.3, 0.4) is 0 Å². The smallest absolute Gasteiger partial charge is 0.254 e. The van der Waals surface area contributed by atoms with Crippen LogP contribution in [-0.2, 0) is 12.8 Å². The molecule has 4 N–H and O–H groups in total. The fourth-order valence-corrected chi connectivity index (χ4v) is 6.22. The second-order valence-corrected chi connectivity index (χ2v) is 14.0. The summed E-state index contributed by atoms with van der Waals surface area (Å²) in [7, 11) is 0. The first-order chi connectivity index (χ1) is 28.7. The number of oxazole rings is 2. The predicted octanol–water partition coefficient (Wildman–Crippen LogP) is 11.5. The highest BCUT2D eigenvalue weighted by Crippen LogP contribution is 2.35. The molecule has 0 spiro atoms. The molecule has 0 bridgehead atoms. The van der Waals surface area contributed by atoms with E-state index in [0.717, 1.165) is 41.8 Å². The van der Waals surface area contributed by atoms with E-state index in [4.69, 9.17) is 53.0 Å². The molecule has 0 aliphatic heterocycles. The van der Waals surface area contributed by atoms with E-state index in [0.29, 0.717) is 58.6 Å². The Balaban J connectivity index is 0.000000228. The second kappa shape index (κ2) is 20.2. The van der Waals surface area contributed by atoms with Gasteiger partial charge >= 0.3 is 0 Å². The zero-order valence-corrected chi connectivity index (χ0v) is 34.2. The number of amides is 2. The number of hydrogen-bond donors (Lipinski definition) is 2.